The molecule has 0 spiro atoms. The molecule has 0 atom stereocenters. The summed E-state index contributed by atoms with van der Waals surface area (Å²) < 4.78 is 5.14. The van der Waals surface area contributed by atoms with Crippen LogP contribution in [0.4, 0.5) is 5.69 Å². The zero-order chi connectivity index (χ0) is 15.5. The van der Waals surface area contributed by atoms with Crippen LogP contribution in [0.2, 0.25) is 0 Å². The minimum atomic E-state index is -0.437. The third-order valence-electron chi connectivity index (χ3n) is 3.59. The van der Waals surface area contributed by atoms with E-state index in [0.717, 1.165) is 24.2 Å². The summed E-state index contributed by atoms with van der Waals surface area (Å²) in [5.41, 5.74) is 1.28. The van der Waals surface area contributed by atoms with Gasteiger partial charge >= 0.3 is 0 Å². The van der Waals surface area contributed by atoms with Crippen LogP contribution >= 0.6 is 0 Å². The van der Waals surface area contributed by atoms with Crippen LogP contribution in [0.5, 0.6) is 0 Å². The highest BCUT2D eigenvalue weighted by Gasteiger charge is 2.28. The van der Waals surface area contributed by atoms with E-state index in [1.165, 1.54) is 12.1 Å². The summed E-state index contributed by atoms with van der Waals surface area (Å²) >= 11 is 0. The van der Waals surface area contributed by atoms with Gasteiger partial charge in [-0.2, -0.15) is 0 Å². The number of aromatic nitrogens is 1. The number of hydrogen-bond acceptors (Lipinski definition) is 5. The molecule has 0 bridgehead atoms. The average Bonchev–Trinajstić information content (AvgIpc) is 3.25. The number of nitro groups is 1. The Morgan fingerprint density at radius 3 is 2.73 bits per heavy atom. The number of nitrogens with one attached hydrogen (secondary N) is 1. The maximum Gasteiger partial charge on any atom is 0.273 e. The second-order valence-corrected chi connectivity index (χ2v) is 5.32. The summed E-state index contributed by atoms with van der Waals surface area (Å²) in [5.74, 6) is 0.937. The van der Waals surface area contributed by atoms with Gasteiger partial charge in [-0.15, -0.1) is 0 Å². The van der Waals surface area contributed by atoms with E-state index in [-0.39, 0.29) is 11.6 Å². The molecule has 1 aromatic carbocycles. The van der Waals surface area contributed by atoms with E-state index in [1.54, 1.807) is 18.2 Å². The molecule has 7 heteroatoms. The van der Waals surface area contributed by atoms with E-state index in [0.29, 0.717) is 24.6 Å². The highest BCUT2D eigenvalue weighted by Crippen LogP contribution is 2.40. The first-order valence-electron chi connectivity index (χ1n) is 7.11. The average molecular weight is 301 g/mol. The van der Waals surface area contributed by atoms with Gasteiger partial charge in [-0.25, -0.2) is 0 Å². The number of hydrogen-bond donors (Lipinski definition) is 1. The quantitative estimate of drug-likeness (QED) is 0.652. The second kappa shape index (κ2) is 5.97. The number of nitro benzene ring substituents is 1. The number of rotatable bonds is 6. The van der Waals surface area contributed by atoms with Gasteiger partial charge < -0.3 is 9.84 Å². The molecule has 22 heavy (non-hydrogen) atoms. The summed E-state index contributed by atoms with van der Waals surface area (Å²) in [6.07, 6.45) is 2.78. The first-order valence-corrected chi connectivity index (χ1v) is 7.11. The van der Waals surface area contributed by atoms with Crippen LogP contribution in [0.3, 0.4) is 0 Å². The van der Waals surface area contributed by atoms with Crippen molar-refractivity contribution in [2.24, 2.45) is 0 Å². The summed E-state index contributed by atoms with van der Waals surface area (Å²) in [6, 6.07) is 7.98. The molecule has 1 fully saturated rings. The number of carbonyl (C=O) groups excluding carboxylic acids is 1. The first-order chi connectivity index (χ1) is 10.6. The molecule has 1 aliphatic rings. The fraction of sp³-hybridized carbons (Fsp3) is 0.333. The number of amides is 1. The lowest BCUT2D eigenvalue weighted by molar-refractivity contribution is -0.384. The predicted molar refractivity (Wildman–Crippen MR) is 77.6 cm³/mol. The largest absolute Gasteiger partial charge is 0.360 e. The van der Waals surface area contributed by atoms with Crippen LogP contribution in [-0.4, -0.2) is 22.5 Å². The van der Waals surface area contributed by atoms with Crippen LogP contribution in [0, 0.1) is 10.1 Å². The smallest absolute Gasteiger partial charge is 0.273 e. The van der Waals surface area contributed by atoms with Gasteiger partial charge in [-0.05, 0) is 24.8 Å². The SMILES string of the molecule is O=C(NCCc1ccc([N+](=O)[O-])cc1)c1cc(C2CC2)on1. The molecular weight excluding hydrogens is 286 g/mol. The molecule has 114 valence electrons. The van der Waals surface area contributed by atoms with Gasteiger partial charge in [0.15, 0.2) is 5.69 Å². The molecule has 1 heterocycles. The van der Waals surface area contributed by atoms with E-state index in [4.69, 9.17) is 4.52 Å². The molecule has 1 saturated carbocycles. The molecule has 3 rings (SSSR count). The number of carbonyl (C=O) groups is 1. The van der Waals surface area contributed by atoms with Crippen molar-refractivity contribution >= 4 is 11.6 Å². The molecule has 1 N–H and O–H groups in total. The van der Waals surface area contributed by atoms with Crippen LogP contribution < -0.4 is 5.32 Å². The molecule has 0 aliphatic heterocycles. The Balaban J connectivity index is 1.49. The monoisotopic (exact) mass is 301 g/mol. The number of benzene rings is 1. The lowest BCUT2D eigenvalue weighted by atomic mass is 10.1. The predicted octanol–water partition coefficient (Wildman–Crippen LogP) is 2.43. The highest BCUT2D eigenvalue weighted by atomic mass is 16.6. The summed E-state index contributed by atoms with van der Waals surface area (Å²) in [4.78, 5) is 22.0. The van der Waals surface area contributed by atoms with Gasteiger partial charge in [-0.3, -0.25) is 14.9 Å². The van der Waals surface area contributed by atoms with Crippen molar-refractivity contribution in [3.05, 3.63) is 57.5 Å². The Morgan fingerprint density at radius 2 is 2.09 bits per heavy atom. The van der Waals surface area contributed by atoms with Crippen LogP contribution in [-0.2, 0) is 6.42 Å². The van der Waals surface area contributed by atoms with Crippen molar-refractivity contribution in [3.63, 3.8) is 0 Å². The molecule has 2 aromatic rings. The minimum absolute atomic E-state index is 0.0583. The van der Waals surface area contributed by atoms with Gasteiger partial charge in [0, 0.05) is 30.7 Å². The Bertz CT molecular complexity index is 689. The molecule has 1 aliphatic carbocycles. The van der Waals surface area contributed by atoms with Crippen molar-refractivity contribution in [2.45, 2.75) is 25.2 Å². The Labute approximate surface area is 126 Å². The second-order valence-electron chi connectivity index (χ2n) is 5.32. The standard InChI is InChI=1S/C15H15N3O4/c19-15(13-9-14(22-17-13)11-3-4-11)16-8-7-10-1-5-12(6-2-10)18(20)21/h1-2,5-6,9,11H,3-4,7-8H2,(H,16,19). The van der Waals surface area contributed by atoms with Gasteiger partial charge in [0.05, 0.1) is 4.92 Å². The minimum Gasteiger partial charge on any atom is -0.360 e. The van der Waals surface area contributed by atoms with Gasteiger partial charge in [-0.1, -0.05) is 17.3 Å². The van der Waals surface area contributed by atoms with Crippen molar-refractivity contribution in [1.29, 1.82) is 0 Å². The van der Waals surface area contributed by atoms with Gasteiger partial charge in [0.2, 0.25) is 0 Å². The topological polar surface area (TPSA) is 98.3 Å². The van der Waals surface area contributed by atoms with E-state index in [2.05, 4.69) is 10.5 Å². The molecule has 0 saturated heterocycles. The molecular formula is C15H15N3O4. The molecule has 7 nitrogen and oxygen atoms in total. The maximum atomic E-state index is 11.9. The van der Waals surface area contributed by atoms with Crippen LogP contribution in [0.25, 0.3) is 0 Å². The van der Waals surface area contributed by atoms with E-state index in [1.807, 2.05) is 0 Å². The zero-order valence-corrected chi connectivity index (χ0v) is 11.8. The van der Waals surface area contributed by atoms with E-state index < -0.39 is 4.92 Å². The molecule has 1 aromatic heterocycles. The zero-order valence-electron chi connectivity index (χ0n) is 11.8. The summed E-state index contributed by atoms with van der Waals surface area (Å²) in [7, 11) is 0. The van der Waals surface area contributed by atoms with Crippen LogP contribution in [0.1, 0.15) is 40.6 Å². The Kier molecular flexibility index (Phi) is 3.86. The van der Waals surface area contributed by atoms with Crippen LogP contribution in [0.15, 0.2) is 34.9 Å². The van der Waals surface area contributed by atoms with Gasteiger partial charge in [0.1, 0.15) is 5.76 Å². The first kappa shape index (κ1) is 14.2. The molecule has 0 radical (unpaired) electrons. The van der Waals surface area contributed by atoms with Gasteiger partial charge in [0.25, 0.3) is 11.6 Å². The van der Waals surface area contributed by atoms with Crippen molar-refractivity contribution in [1.82, 2.24) is 10.5 Å². The summed E-state index contributed by atoms with van der Waals surface area (Å²) in [6.45, 7) is 0.433. The normalized spacial score (nSPS) is 13.8. The number of non-ortho nitro benzene ring substituents is 1. The molecule has 1 amide bonds. The fourth-order valence-electron chi connectivity index (χ4n) is 2.15. The van der Waals surface area contributed by atoms with Crippen molar-refractivity contribution in [3.8, 4) is 0 Å². The van der Waals surface area contributed by atoms with E-state index in [9.17, 15) is 14.9 Å². The lowest BCUT2D eigenvalue weighted by Crippen LogP contribution is -2.25. The Hall–Kier alpha value is -2.70. The van der Waals surface area contributed by atoms with E-state index >= 15 is 0 Å². The Morgan fingerprint density at radius 1 is 1.36 bits per heavy atom. The number of nitrogens with zero attached hydrogens (tertiary/aromatic N) is 2. The molecule has 0 unspecified atom stereocenters. The van der Waals surface area contributed by atoms with Crippen molar-refractivity contribution < 1.29 is 14.2 Å². The summed E-state index contributed by atoms with van der Waals surface area (Å²) in [5, 5.41) is 17.1. The highest BCUT2D eigenvalue weighted by molar-refractivity contribution is 5.92. The lowest BCUT2D eigenvalue weighted by Gasteiger charge is -2.03. The third kappa shape index (κ3) is 3.30. The van der Waals surface area contributed by atoms with Crippen molar-refractivity contribution in [2.75, 3.05) is 6.54 Å². The maximum absolute atomic E-state index is 11.9. The third-order valence-corrected chi connectivity index (χ3v) is 3.59. The fourth-order valence-corrected chi connectivity index (χ4v) is 2.15.